The first-order valence-electron chi connectivity index (χ1n) is 8.34. The molecule has 0 amide bonds. The second-order valence-electron chi connectivity index (χ2n) is 6.27. The third-order valence-corrected chi connectivity index (χ3v) is 5.29. The molecule has 0 aromatic heterocycles. The van der Waals surface area contributed by atoms with Gasteiger partial charge in [0, 0.05) is 16.5 Å². The second-order valence-corrected chi connectivity index (χ2v) is 7.55. The lowest BCUT2D eigenvalue weighted by Crippen LogP contribution is -2.18. The lowest BCUT2D eigenvalue weighted by atomic mass is 9.98. The predicted molar refractivity (Wildman–Crippen MR) is 111 cm³/mol. The minimum Gasteiger partial charge on any atom is -0.256 e. The van der Waals surface area contributed by atoms with Gasteiger partial charge < -0.3 is 0 Å². The first kappa shape index (κ1) is 18.3. The molecule has 136 valence electrons. The van der Waals surface area contributed by atoms with Gasteiger partial charge >= 0.3 is 0 Å². The van der Waals surface area contributed by atoms with Crippen LogP contribution in [0.4, 0.5) is 10.1 Å². The summed E-state index contributed by atoms with van der Waals surface area (Å²) >= 11 is 18.5. The fourth-order valence-electron chi connectivity index (χ4n) is 3.16. The van der Waals surface area contributed by atoms with Gasteiger partial charge in [-0.05, 0) is 53.6 Å². The smallest absolute Gasteiger partial charge is 0.123 e. The zero-order chi connectivity index (χ0) is 19.0. The van der Waals surface area contributed by atoms with Crippen molar-refractivity contribution in [1.82, 2.24) is 0 Å². The minimum absolute atomic E-state index is 0.102. The maximum atomic E-state index is 13.4. The number of hydrogen-bond donors (Lipinski definition) is 0. The third-order valence-electron chi connectivity index (χ3n) is 4.50. The van der Waals surface area contributed by atoms with Gasteiger partial charge in [0.15, 0.2) is 0 Å². The fourth-order valence-corrected chi connectivity index (χ4v) is 3.78. The number of halogens is 4. The number of hydrogen-bond acceptors (Lipinski definition) is 2. The molecule has 2 nitrogen and oxygen atoms in total. The molecule has 0 N–H and O–H groups in total. The molecule has 4 rings (SSSR count). The van der Waals surface area contributed by atoms with Crippen LogP contribution in [0, 0.1) is 5.82 Å². The van der Waals surface area contributed by atoms with Crippen LogP contribution in [0.15, 0.2) is 71.8 Å². The van der Waals surface area contributed by atoms with E-state index in [0.717, 1.165) is 22.5 Å². The molecule has 27 heavy (non-hydrogen) atoms. The maximum Gasteiger partial charge on any atom is 0.123 e. The topological polar surface area (TPSA) is 15.6 Å². The third kappa shape index (κ3) is 3.81. The molecule has 1 heterocycles. The van der Waals surface area contributed by atoms with Crippen molar-refractivity contribution >= 4 is 46.2 Å². The summed E-state index contributed by atoms with van der Waals surface area (Å²) in [4.78, 5) is 0. The Bertz CT molecular complexity index is 1000. The van der Waals surface area contributed by atoms with Gasteiger partial charge in [0.2, 0.25) is 0 Å². The minimum atomic E-state index is -0.272. The number of anilines is 1. The maximum absolute atomic E-state index is 13.4. The van der Waals surface area contributed by atoms with E-state index in [4.69, 9.17) is 39.9 Å². The molecule has 0 saturated carbocycles. The molecule has 3 aromatic carbocycles. The van der Waals surface area contributed by atoms with Crippen LogP contribution >= 0.6 is 34.8 Å². The summed E-state index contributed by atoms with van der Waals surface area (Å²) in [7, 11) is 0. The largest absolute Gasteiger partial charge is 0.256 e. The Hall–Kier alpha value is -2.07. The SMILES string of the molecule is Fc1ccc([C@@H]2CC(c3ccc(Cl)cc3)=NN2c2ccc(Cl)cc2Cl)cc1. The average Bonchev–Trinajstić information content (AvgIpc) is 3.08. The molecule has 0 spiro atoms. The van der Waals surface area contributed by atoms with Gasteiger partial charge in [-0.25, -0.2) is 4.39 Å². The number of nitrogens with zero attached hydrogens (tertiary/aromatic N) is 2. The van der Waals surface area contributed by atoms with E-state index in [0.29, 0.717) is 21.5 Å². The molecule has 1 aliphatic heterocycles. The highest BCUT2D eigenvalue weighted by Gasteiger charge is 2.31. The van der Waals surface area contributed by atoms with Gasteiger partial charge in [-0.1, -0.05) is 59.1 Å². The summed E-state index contributed by atoms with van der Waals surface area (Å²) in [6.45, 7) is 0. The second kappa shape index (κ2) is 7.51. The molecule has 0 unspecified atom stereocenters. The van der Waals surface area contributed by atoms with Crippen molar-refractivity contribution in [3.8, 4) is 0 Å². The van der Waals surface area contributed by atoms with Crippen molar-refractivity contribution in [3.63, 3.8) is 0 Å². The van der Waals surface area contributed by atoms with Gasteiger partial charge in [-0.2, -0.15) is 5.10 Å². The van der Waals surface area contributed by atoms with Crippen LogP contribution in [0.25, 0.3) is 0 Å². The molecule has 0 radical (unpaired) electrons. The van der Waals surface area contributed by atoms with E-state index >= 15 is 0 Å². The van der Waals surface area contributed by atoms with E-state index in [-0.39, 0.29) is 11.9 Å². The molecule has 6 heteroatoms. The number of rotatable bonds is 3. The summed E-state index contributed by atoms with van der Waals surface area (Å²) in [5, 5.41) is 8.43. The van der Waals surface area contributed by atoms with Gasteiger partial charge in [-0.3, -0.25) is 5.01 Å². The van der Waals surface area contributed by atoms with Crippen LogP contribution in [0.3, 0.4) is 0 Å². The quantitative estimate of drug-likeness (QED) is 0.440. The zero-order valence-electron chi connectivity index (χ0n) is 14.0. The van der Waals surface area contributed by atoms with Crippen LogP contribution in [0.1, 0.15) is 23.6 Å². The van der Waals surface area contributed by atoms with Gasteiger partial charge in [0.05, 0.1) is 22.5 Å². The highest BCUT2D eigenvalue weighted by molar-refractivity contribution is 6.36. The zero-order valence-corrected chi connectivity index (χ0v) is 16.3. The number of benzene rings is 3. The Labute approximate surface area is 171 Å². The molecule has 1 atom stereocenters. The van der Waals surface area contributed by atoms with Crippen molar-refractivity contribution < 1.29 is 4.39 Å². The molecule has 0 bridgehead atoms. The Morgan fingerprint density at radius 2 is 1.52 bits per heavy atom. The lowest BCUT2D eigenvalue weighted by molar-refractivity contribution is 0.624. The predicted octanol–water partition coefficient (Wildman–Crippen LogP) is 7.14. The van der Waals surface area contributed by atoms with Crippen molar-refractivity contribution in [2.45, 2.75) is 12.5 Å². The molecular formula is C21H14Cl3FN2. The van der Waals surface area contributed by atoms with Crippen LogP contribution < -0.4 is 5.01 Å². The highest BCUT2D eigenvalue weighted by Crippen LogP contribution is 2.40. The fraction of sp³-hybridized carbons (Fsp3) is 0.0952. The van der Waals surface area contributed by atoms with E-state index in [1.807, 2.05) is 35.3 Å². The van der Waals surface area contributed by atoms with E-state index in [2.05, 4.69) is 0 Å². The Balaban J connectivity index is 1.78. The molecule has 3 aromatic rings. The van der Waals surface area contributed by atoms with E-state index in [1.165, 1.54) is 12.1 Å². The summed E-state index contributed by atoms with van der Waals surface area (Å²) < 4.78 is 13.4. The summed E-state index contributed by atoms with van der Waals surface area (Å²) in [6.07, 6.45) is 0.659. The molecule has 0 aliphatic carbocycles. The van der Waals surface area contributed by atoms with Crippen LogP contribution in [-0.4, -0.2) is 5.71 Å². The average molecular weight is 420 g/mol. The lowest BCUT2D eigenvalue weighted by Gasteiger charge is -2.25. The van der Waals surface area contributed by atoms with E-state index in [1.54, 1.807) is 24.3 Å². The van der Waals surface area contributed by atoms with Crippen molar-refractivity contribution in [2.24, 2.45) is 5.10 Å². The molecule has 0 fully saturated rings. The normalized spacial score (nSPS) is 16.5. The van der Waals surface area contributed by atoms with Gasteiger partial charge in [0.25, 0.3) is 0 Å². The summed E-state index contributed by atoms with van der Waals surface area (Å²) in [6, 6.07) is 19.2. The molecule has 1 aliphatic rings. The summed E-state index contributed by atoms with van der Waals surface area (Å²) in [5.41, 5.74) is 3.60. The van der Waals surface area contributed by atoms with Crippen LogP contribution in [-0.2, 0) is 0 Å². The standard InChI is InChI=1S/C21H14Cl3FN2/c22-15-5-1-13(2-6-15)19-12-21(14-3-8-17(25)9-4-14)27(26-19)20-10-7-16(23)11-18(20)24/h1-11,21H,12H2/t21-/m0/s1. The van der Waals surface area contributed by atoms with Crippen LogP contribution in [0.5, 0.6) is 0 Å². The van der Waals surface area contributed by atoms with Crippen molar-refractivity contribution in [3.05, 3.63) is 98.7 Å². The van der Waals surface area contributed by atoms with Gasteiger partial charge in [-0.15, -0.1) is 0 Å². The van der Waals surface area contributed by atoms with Crippen molar-refractivity contribution in [2.75, 3.05) is 5.01 Å². The monoisotopic (exact) mass is 418 g/mol. The van der Waals surface area contributed by atoms with Crippen LogP contribution in [0.2, 0.25) is 15.1 Å². The highest BCUT2D eigenvalue weighted by atomic mass is 35.5. The Kier molecular flexibility index (Phi) is 5.09. The molecule has 0 saturated heterocycles. The summed E-state index contributed by atoms with van der Waals surface area (Å²) in [5.74, 6) is -0.272. The number of hydrazone groups is 1. The van der Waals surface area contributed by atoms with E-state index < -0.39 is 0 Å². The van der Waals surface area contributed by atoms with Gasteiger partial charge in [0.1, 0.15) is 5.82 Å². The first-order chi connectivity index (χ1) is 13.0. The van der Waals surface area contributed by atoms with E-state index in [9.17, 15) is 4.39 Å². The first-order valence-corrected chi connectivity index (χ1v) is 9.48. The van der Waals surface area contributed by atoms with Crippen molar-refractivity contribution in [1.29, 1.82) is 0 Å². The Morgan fingerprint density at radius 1 is 0.852 bits per heavy atom. The molecular weight excluding hydrogens is 406 g/mol. The Morgan fingerprint density at radius 3 is 2.19 bits per heavy atom.